The quantitative estimate of drug-likeness (QED) is 0.672. The van der Waals surface area contributed by atoms with Crippen LogP contribution in [0.25, 0.3) is 0 Å². The standard InChI is InChI=1S/C11H22N2/c1-10-4-6-13(7-5-10)9-11(2,3)8-12/h1,4-9,12H2,2-3H3. The Morgan fingerprint density at radius 3 is 2.38 bits per heavy atom. The number of likely N-dealkylation sites (tertiary alicyclic amines) is 1. The van der Waals surface area contributed by atoms with E-state index < -0.39 is 0 Å². The Morgan fingerprint density at radius 1 is 1.38 bits per heavy atom. The van der Waals surface area contributed by atoms with Gasteiger partial charge in [0.25, 0.3) is 0 Å². The fraction of sp³-hybridized carbons (Fsp3) is 0.818. The molecule has 2 N–H and O–H groups in total. The summed E-state index contributed by atoms with van der Waals surface area (Å²) in [7, 11) is 0. The summed E-state index contributed by atoms with van der Waals surface area (Å²) in [5.41, 5.74) is 7.37. The van der Waals surface area contributed by atoms with E-state index in [1.54, 1.807) is 0 Å². The highest BCUT2D eigenvalue weighted by molar-refractivity contribution is 4.99. The smallest absolute Gasteiger partial charge is 0.00450 e. The number of nitrogens with zero attached hydrogens (tertiary/aromatic N) is 1. The van der Waals surface area contributed by atoms with Crippen molar-refractivity contribution in [2.45, 2.75) is 26.7 Å². The summed E-state index contributed by atoms with van der Waals surface area (Å²) in [5.74, 6) is 0. The summed E-state index contributed by atoms with van der Waals surface area (Å²) in [6, 6.07) is 0. The molecule has 0 unspecified atom stereocenters. The minimum absolute atomic E-state index is 0.263. The Morgan fingerprint density at radius 2 is 1.92 bits per heavy atom. The second-order valence-electron chi connectivity index (χ2n) is 4.89. The van der Waals surface area contributed by atoms with Crippen molar-refractivity contribution in [3.8, 4) is 0 Å². The molecule has 13 heavy (non-hydrogen) atoms. The molecule has 0 amide bonds. The molecule has 0 aliphatic carbocycles. The average molecular weight is 182 g/mol. The lowest BCUT2D eigenvalue weighted by molar-refractivity contribution is 0.173. The van der Waals surface area contributed by atoms with Crippen LogP contribution in [0, 0.1) is 5.41 Å². The molecular weight excluding hydrogens is 160 g/mol. The van der Waals surface area contributed by atoms with Crippen LogP contribution >= 0.6 is 0 Å². The highest BCUT2D eigenvalue weighted by atomic mass is 15.1. The zero-order valence-electron chi connectivity index (χ0n) is 8.97. The molecule has 1 aliphatic heterocycles. The third kappa shape index (κ3) is 3.49. The molecule has 0 aromatic carbocycles. The van der Waals surface area contributed by atoms with Crippen molar-refractivity contribution in [3.63, 3.8) is 0 Å². The fourth-order valence-corrected chi connectivity index (χ4v) is 1.70. The van der Waals surface area contributed by atoms with Crippen LogP contribution in [0.1, 0.15) is 26.7 Å². The maximum Gasteiger partial charge on any atom is 0.00450 e. The molecule has 0 aromatic heterocycles. The second-order valence-corrected chi connectivity index (χ2v) is 4.89. The van der Waals surface area contributed by atoms with E-state index in [1.165, 1.54) is 31.5 Å². The van der Waals surface area contributed by atoms with Gasteiger partial charge < -0.3 is 10.6 Å². The van der Waals surface area contributed by atoms with Gasteiger partial charge in [0.1, 0.15) is 0 Å². The average Bonchev–Trinajstić information content (AvgIpc) is 2.09. The Labute approximate surface area is 81.8 Å². The first-order valence-corrected chi connectivity index (χ1v) is 5.12. The van der Waals surface area contributed by atoms with Crippen molar-refractivity contribution >= 4 is 0 Å². The molecule has 0 saturated carbocycles. The minimum atomic E-state index is 0.263. The summed E-state index contributed by atoms with van der Waals surface area (Å²) in [6.07, 6.45) is 2.33. The monoisotopic (exact) mass is 182 g/mol. The van der Waals surface area contributed by atoms with E-state index in [2.05, 4.69) is 25.3 Å². The van der Waals surface area contributed by atoms with Gasteiger partial charge in [-0.05, 0) is 24.8 Å². The van der Waals surface area contributed by atoms with Gasteiger partial charge in [-0.1, -0.05) is 26.0 Å². The molecule has 0 spiro atoms. The van der Waals surface area contributed by atoms with Gasteiger partial charge >= 0.3 is 0 Å². The summed E-state index contributed by atoms with van der Waals surface area (Å²) in [6.45, 7) is 12.7. The maximum atomic E-state index is 5.71. The largest absolute Gasteiger partial charge is 0.330 e. The predicted octanol–water partition coefficient (Wildman–Crippen LogP) is 1.62. The van der Waals surface area contributed by atoms with E-state index in [-0.39, 0.29) is 5.41 Å². The van der Waals surface area contributed by atoms with E-state index in [9.17, 15) is 0 Å². The van der Waals surface area contributed by atoms with Crippen LogP contribution in [0.4, 0.5) is 0 Å². The number of rotatable bonds is 3. The first kappa shape index (κ1) is 10.7. The number of hydrogen-bond acceptors (Lipinski definition) is 2. The third-order valence-electron chi connectivity index (χ3n) is 2.77. The van der Waals surface area contributed by atoms with Gasteiger partial charge in [0.2, 0.25) is 0 Å². The van der Waals surface area contributed by atoms with Crippen LogP contribution in [0.5, 0.6) is 0 Å². The molecule has 76 valence electrons. The molecule has 1 fully saturated rings. The van der Waals surface area contributed by atoms with Crippen LogP contribution in [0.15, 0.2) is 12.2 Å². The molecule has 1 heterocycles. The maximum absolute atomic E-state index is 5.71. The predicted molar refractivity (Wildman–Crippen MR) is 57.6 cm³/mol. The SMILES string of the molecule is C=C1CCN(CC(C)(C)CN)CC1. The van der Waals surface area contributed by atoms with Gasteiger partial charge in [0.15, 0.2) is 0 Å². The lowest BCUT2D eigenvalue weighted by Crippen LogP contribution is -2.41. The van der Waals surface area contributed by atoms with Crippen molar-refractivity contribution in [3.05, 3.63) is 12.2 Å². The highest BCUT2D eigenvalue weighted by Crippen LogP contribution is 2.20. The molecule has 1 aliphatic rings. The fourth-order valence-electron chi connectivity index (χ4n) is 1.70. The highest BCUT2D eigenvalue weighted by Gasteiger charge is 2.21. The van der Waals surface area contributed by atoms with Gasteiger partial charge in [0, 0.05) is 19.6 Å². The van der Waals surface area contributed by atoms with E-state index in [0.29, 0.717) is 0 Å². The van der Waals surface area contributed by atoms with Crippen molar-refractivity contribution < 1.29 is 0 Å². The molecule has 0 bridgehead atoms. The van der Waals surface area contributed by atoms with Gasteiger partial charge in [-0.15, -0.1) is 0 Å². The zero-order chi connectivity index (χ0) is 9.90. The summed E-state index contributed by atoms with van der Waals surface area (Å²) in [4.78, 5) is 2.50. The normalized spacial score (nSPS) is 20.7. The third-order valence-corrected chi connectivity index (χ3v) is 2.77. The Kier molecular flexibility index (Phi) is 3.51. The van der Waals surface area contributed by atoms with Gasteiger partial charge in [-0.25, -0.2) is 0 Å². The Bertz CT molecular complexity index is 175. The van der Waals surface area contributed by atoms with E-state index >= 15 is 0 Å². The summed E-state index contributed by atoms with van der Waals surface area (Å²) in [5, 5.41) is 0. The molecule has 0 aromatic rings. The topological polar surface area (TPSA) is 29.3 Å². The van der Waals surface area contributed by atoms with Crippen LogP contribution in [0.2, 0.25) is 0 Å². The molecule has 2 nitrogen and oxygen atoms in total. The number of piperidine rings is 1. The Hall–Kier alpha value is -0.340. The van der Waals surface area contributed by atoms with Crippen LogP contribution in [-0.2, 0) is 0 Å². The van der Waals surface area contributed by atoms with Gasteiger partial charge in [-0.3, -0.25) is 0 Å². The lowest BCUT2D eigenvalue weighted by Gasteiger charge is -2.34. The zero-order valence-corrected chi connectivity index (χ0v) is 8.97. The molecule has 2 heteroatoms. The number of hydrogen-bond donors (Lipinski definition) is 1. The molecule has 0 radical (unpaired) electrons. The van der Waals surface area contributed by atoms with Crippen LogP contribution in [0.3, 0.4) is 0 Å². The molecular formula is C11H22N2. The first-order valence-electron chi connectivity index (χ1n) is 5.12. The van der Waals surface area contributed by atoms with Crippen molar-refractivity contribution in [2.75, 3.05) is 26.2 Å². The van der Waals surface area contributed by atoms with Gasteiger partial charge in [0.05, 0.1) is 0 Å². The molecule has 1 rings (SSSR count). The van der Waals surface area contributed by atoms with Crippen LogP contribution in [-0.4, -0.2) is 31.1 Å². The van der Waals surface area contributed by atoms with E-state index in [0.717, 1.165) is 13.1 Å². The van der Waals surface area contributed by atoms with Crippen molar-refractivity contribution in [1.29, 1.82) is 0 Å². The first-order chi connectivity index (χ1) is 6.03. The minimum Gasteiger partial charge on any atom is -0.330 e. The van der Waals surface area contributed by atoms with E-state index in [4.69, 9.17) is 5.73 Å². The van der Waals surface area contributed by atoms with Crippen molar-refractivity contribution in [2.24, 2.45) is 11.1 Å². The summed E-state index contributed by atoms with van der Waals surface area (Å²) >= 11 is 0. The van der Waals surface area contributed by atoms with Crippen molar-refractivity contribution in [1.82, 2.24) is 4.90 Å². The lowest BCUT2D eigenvalue weighted by atomic mass is 9.92. The van der Waals surface area contributed by atoms with Gasteiger partial charge in [-0.2, -0.15) is 0 Å². The van der Waals surface area contributed by atoms with Crippen LogP contribution < -0.4 is 5.73 Å². The number of nitrogens with two attached hydrogens (primary N) is 1. The molecule has 0 atom stereocenters. The Balaban J connectivity index is 2.34. The second kappa shape index (κ2) is 4.25. The molecule has 1 saturated heterocycles. The van der Waals surface area contributed by atoms with E-state index in [1.807, 2.05) is 0 Å². The summed E-state index contributed by atoms with van der Waals surface area (Å²) < 4.78 is 0.